The molecule has 0 amide bonds. The Balaban J connectivity index is 1.33. The lowest BCUT2D eigenvalue weighted by Gasteiger charge is -2.20. The smallest absolute Gasteiger partial charge is 0.226 e. The number of ether oxygens (including phenoxy) is 1. The third kappa shape index (κ3) is 6.40. The highest BCUT2D eigenvalue weighted by Gasteiger charge is 2.47. The van der Waals surface area contributed by atoms with Gasteiger partial charge in [-0.25, -0.2) is 4.98 Å². The molecule has 3 aromatic heterocycles. The van der Waals surface area contributed by atoms with E-state index < -0.39 is 24.5 Å². The van der Waals surface area contributed by atoms with Gasteiger partial charge in [0, 0.05) is 25.4 Å². The van der Waals surface area contributed by atoms with E-state index in [0.29, 0.717) is 48.9 Å². The highest BCUT2D eigenvalue weighted by molar-refractivity contribution is 5.84. The molecule has 5 aromatic rings. The Morgan fingerprint density at radius 2 is 1.69 bits per heavy atom. The zero-order valence-corrected chi connectivity index (χ0v) is 24.6. The first kappa shape index (κ1) is 29.9. The van der Waals surface area contributed by atoms with Gasteiger partial charge in [-0.15, -0.1) is 0 Å². The van der Waals surface area contributed by atoms with Crippen LogP contribution in [0.3, 0.4) is 0 Å². The van der Waals surface area contributed by atoms with E-state index in [2.05, 4.69) is 60.0 Å². The summed E-state index contributed by atoms with van der Waals surface area (Å²) in [6, 6.07) is 20.4. The summed E-state index contributed by atoms with van der Waals surface area (Å²) in [5.41, 5.74) is 14.0. The summed E-state index contributed by atoms with van der Waals surface area (Å²) >= 11 is 0. The molecule has 0 radical (unpaired) electrons. The lowest BCUT2D eigenvalue weighted by molar-refractivity contribution is -0.0388. The van der Waals surface area contributed by atoms with Crippen molar-refractivity contribution in [3.05, 3.63) is 89.8 Å². The predicted octanol–water partition coefficient (Wildman–Crippen LogP) is 1.69. The van der Waals surface area contributed by atoms with E-state index in [1.54, 1.807) is 4.57 Å². The molecule has 0 bridgehead atoms. The van der Waals surface area contributed by atoms with Crippen LogP contribution in [0.1, 0.15) is 48.0 Å². The minimum atomic E-state index is -1.33. The van der Waals surface area contributed by atoms with Gasteiger partial charge < -0.3 is 41.6 Å². The van der Waals surface area contributed by atoms with Crippen molar-refractivity contribution < 1.29 is 19.5 Å². The maximum Gasteiger partial charge on any atom is 0.226 e. The van der Waals surface area contributed by atoms with Crippen molar-refractivity contribution in [1.29, 1.82) is 0 Å². The van der Waals surface area contributed by atoms with Crippen LogP contribution in [0.5, 0.6) is 0 Å². The van der Waals surface area contributed by atoms with Gasteiger partial charge in [-0.05, 0) is 11.1 Å². The Labute approximate surface area is 258 Å². The van der Waals surface area contributed by atoms with Crippen molar-refractivity contribution in [2.45, 2.75) is 43.8 Å². The average Bonchev–Trinajstić information content (AvgIpc) is 3.78. The fourth-order valence-corrected chi connectivity index (χ4v) is 5.29. The molecule has 0 spiro atoms. The van der Waals surface area contributed by atoms with Crippen molar-refractivity contribution in [2.24, 2.45) is 16.5 Å². The van der Waals surface area contributed by atoms with Crippen molar-refractivity contribution in [3.8, 4) is 0 Å². The van der Waals surface area contributed by atoms with Gasteiger partial charge in [-0.3, -0.25) is 9.56 Å². The number of imidazole rings is 1. The highest BCUT2D eigenvalue weighted by Crippen LogP contribution is 2.39. The second-order valence-corrected chi connectivity index (χ2v) is 10.5. The molecule has 1 fully saturated rings. The summed E-state index contributed by atoms with van der Waals surface area (Å²) in [4.78, 5) is 22.3. The fourth-order valence-electron chi connectivity index (χ4n) is 5.29. The second-order valence-electron chi connectivity index (χ2n) is 10.5. The Morgan fingerprint density at radius 1 is 0.978 bits per heavy atom. The number of benzene rings is 2. The van der Waals surface area contributed by atoms with Crippen molar-refractivity contribution in [3.63, 3.8) is 0 Å². The van der Waals surface area contributed by atoms with Crippen molar-refractivity contribution in [2.75, 3.05) is 30.3 Å². The number of fused-ring (bicyclic) bond motifs is 1. The Hall–Kier alpha value is -5.12. The van der Waals surface area contributed by atoms with Crippen LogP contribution < -0.4 is 22.1 Å². The number of rotatable bonds is 12. The number of guanidine groups is 1. The number of hydrogen-bond acceptors (Lipinski definition) is 12. The van der Waals surface area contributed by atoms with E-state index in [1.807, 2.05) is 43.3 Å². The van der Waals surface area contributed by atoms with Crippen LogP contribution in [0, 0.1) is 0 Å². The number of aryl methyl sites for hydroxylation is 1. The van der Waals surface area contributed by atoms with Gasteiger partial charge in [0.1, 0.15) is 12.2 Å². The molecule has 8 N–H and O–H groups in total. The SMILES string of the molecule is CCc1nc([C@H]2O[C@@H](n3cnc4c(NCC(c5ccccc5)c5ccccc5)nc(NCCN=C(N)N)nc43)[C@H](O)[C@@H]2O)no1. The van der Waals surface area contributed by atoms with Gasteiger partial charge in [0.15, 0.2) is 35.3 Å². The Kier molecular flexibility index (Phi) is 8.81. The summed E-state index contributed by atoms with van der Waals surface area (Å²) in [5, 5.41) is 32.5. The number of hydrogen-bond donors (Lipinski definition) is 6. The topological polar surface area (TPSA) is 221 Å². The van der Waals surface area contributed by atoms with Gasteiger partial charge in [0.05, 0.1) is 12.9 Å². The molecule has 2 aromatic carbocycles. The molecule has 1 aliphatic heterocycles. The maximum atomic E-state index is 11.1. The van der Waals surface area contributed by atoms with Gasteiger partial charge in [-0.1, -0.05) is 72.7 Å². The van der Waals surface area contributed by atoms with Gasteiger partial charge in [-0.2, -0.15) is 15.0 Å². The van der Waals surface area contributed by atoms with E-state index in [0.717, 1.165) is 11.1 Å². The minimum absolute atomic E-state index is 0.0108. The molecule has 1 saturated heterocycles. The minimum Gasteiger partial charge on any atom is -0.387 e. The summed E-state index contributed by atoms with van der Waals surface area (Å²) in [6.07, 6.45) is -2.69. The molecule has 45 heavy (non-hydrogen) atoms. The molecule has 1 aliphatic rings. The standard InChI is InChI=1S/C30H35N11O4/c1-2-20-37-26(40-45-20)24-22(42)23(43)28(44-24)41-16-36-21-25(38-30(39-27(21)41)34-14-13-33-29(31)32)35-15-19(17-9-5-3-6-10-17)18-11-7-4-8-12-18/h3-12,16,19,22-24,28,42-43H,2,13-15H2,1H3,(H4,31,32,33)(H2,34,35,38,39)/t22-,23+,24-,28+/m0/s1. The van der Waals surface area contributed by atoms with Crippen LogP contribution in [0.25, 0.3) is 11.2 Å². The lowest BCUT2D eigenvalue weighted by atomic mass is 9.91. The Bertz CT molecular complexity index is 1700. The van der Waals surface area contributed by atoms with E-state index in [4.69, 9.17) is 25.7 Å². The first-order valence-electron chi connectivity index (χ1n) is 14.6. The number of nitrogens with one attached hydrogen (secondary N) is 2. The zero-order chi connectivity index (χ0) is 31.3. The first-order valence-corrected chi connectivity index (χ1v) is 14.6. The van der Waals surface area contributed by atoms with Gasteiger partial charge in [0.2, 0.25) is 17.7 Å². The van der Waals surface area contributed by atoms with E-state index >= 15 is 0 Å². The second kappa shape index (κ2) is 13.3. The normalized spacial score (nSPS) is 19.6. The molecular weight excluding hydrogens is 578 g/mol. The molecule has 4 heterocycles. The van der Waals surface area contributed by atoms with Crippen LogP contribution in [0.4, 0.5) is 11.8 Å². The third-order valence-electron chi connectivity index (χ3n) is 7.54. The van der Waals surface area contributed by atoms with E-state index in [1.165, 1.54) is 6.33 Å². The number of aromatic nitrogens is 6. The van der Waals surface area contributed by atoms with Gasteiger partial charge >= 0.3 is 0 Å². The number of nitrogens with zero attached hydrogens (tertiary/aromatic N) is 7. The number of aliphatic hydroxyl groups is 2. The molecule has 0 saturated carbocycles. The monoisotopic (exact) mass is 613 g/mol. The predicted molar refractivity (Wildman–Crippen MR) is 166 cm³/mol. The Morgan fingerprint density at radius 3 is 2.33 bits per heavy atom. The summed E-state index contributed by atoms with van der Waals surface area (Å²) in [7, 11) is 0. The fraction of sp³-hybridized carbons (Fsp3) is 0.333. The van der Waals surface area contributed by atoms with Gasteiger partial charge in [0.25, 0.3) is 0 Å². The largest absolute Gasteiger partial charge is 0.387 e. The first-order chi connectivity index (χ1) is 21.9. The summed E-state index contributed by atoms with van der Waals surface area (Å²) in [5.74, 6) is 1.29. The number of anilines is 2. The number of aliphatic hydroxyl groups excluding tert-OH is 2. The highest BCUT2D eigenvalue weighted by atomic mass is 16.6. The quantitative estimate of drug-likeness (QED) is 0.0671. The lowest BCUT2D eigenvalue weighted by Crippen LogP contribution is -2.29. The van der Waals surface area contributed by atoms with Crippen LogP contribution in [0.15, 0.2) is 76.5 Å². The van der Waals surface area contributed by atoms with Crippen LogP contribution in [0.2, 0.25) is 0 Å². The van der Waals surface area contributed by atoms with Crippen LogP contribution in [-0.2, 0) is 11.2 Å². The molecule has 0 unspecified atom stereocenters. The molecule has 15 nitrogen and oxygen atoms in total. The zero-order valence-electron chi connectivity index (χ0n) is 24.6. The number of nitrogens with two attached hydrogens (primary N) is 2. The van der Waals surface area contributed by atoms with Crippen molar-refractivity contribution in [1.82, 2.24) is 29.7 Å². The molecule has 234 valence electrons. The molecule has 0 aliphatic carbocycles. The number of aliphatic imine (C=N–C) groups is 1. The molecular formula is C30H35N11O4. The average molecular weight is 614 g/mol. The molecule has 6 rings (SSSR count). The summed E-state index contributed by atoms with van der Waals surface area (Å²) in [6.45, 7) is 3.03. The van der Waals surface area contributed by atoms with E-state index in [9.17, 15) is 10.2 Å². The maximum absolute atomic E-state index is 11.1. The van der Waals surface area contributed by atoms with Crippen LogP contribution >= 0.6 is 0 Å². The third-order valence-corrected chi connectivity index (χ3v) is 7.54. The van der Waals surface area contributed by atoms with Crippen molar-refractivity contribution >= 4 is 28.9 Å². The summed E-state index contributed by atoms with van der Waals surface area (Å²) < 4.78 is 12.8. The molecule has 15 heteroatoms. The van der Waals surface area contributed by atoms with Crippen LogP contribution in [-0.4, -0.2) is 77.7 Å². The molecule has 4 atom stereocenters. The van der Waals surface area contributed by atoms with E-state index in [-0.39, 0.29) is 23.7 Å².